The normalized spacial score (nSPS) is 7.36. The van der Waals surface area contributed by atoms with Crippen molar-refractivity contribution in [3.63, 3.8) is 0 Å². The van der Waals surface area contributed by atoms with Crippen molar-refractivity contribution in [1.29, 1.82) is 0 Å². The molecule has 0 saturated carbocycles. The Balaban J connectivity index is -0.0000000889. The number of quaternary nitrogens is 1. The summed E-state index contributed by atoms with van der Waals surface area (Å²) in [4.78, 5) is 26.9. The van der Waals surface area contributed by atoms with Crippen LogP contribution in [0.1, 0.15) is 21.0 Å². The van der Waals surface area contributed by atoms with Gasteiger partial charge < -0.3 is 52.6 Å². The summed E-state index contributed by atoms with van der Waals surface area (Å²) in [5.74, 6) is -3.69. The number of rotatable bonds is 2. The van der Waals surface area contributed by atoms with Crippen molar-refractivity contribution < 1.29 is 65.0 Å². The van der Waals surface area contributed by atoms with Gasteiger partial charge in [-0.3, -0.25) is 9.97 Å². The summed E-state index contributed by atoms with van der Waals surface area (Å²) in [6.07, 6.45) is 2.54. The van der Waals surface area contributed by atoms with E-state index < -0.39 is 23.3 Å². The third kappa shape index (κ3) is 10.6. The maximum Gasteiger partial charge on any atom is 0.143 e. The van der Waals surface area contributed by atoms with Crippen molar-refractivity contribution in [1.82, 2.24) is 16.1 Å². The van der Waals surface area contributed by atoms with Crippen molar-refractivity contribution in [2.45, 2.75) is 0 Å². The predicted octanol–water partition coefficient (Wildman–Crippen LogP) is -2.39. The van der Waals surface area contributed by atoms with Crippen LogP contribution in [0, 0.1) is 0 Å². The molecule has 0 spiro atoms. The van der Waals surface area contributed by atoms with Crippen LogP contribution < -0.4 is 16.4 Å². The van der Waals surface area contributed by atoms with E-state index in [4.69, 9.17) is 10.2 Å². The molecule has 0 fully saturated rings. The first-order valence-electron chi connectivity index (χ1n) is 5.14. The maximum absolute atomic E-state index is 10.1. The number of carbonyl (C=O) groups excluding carboxylic acids is 2. The van der Waals surface area contributed by atoms with Crippen molar-refractivity contribution in [3.05, 3.63) is 48.0 Å². The van der Waals surface area contributed by atoms with Crippen LogP contribution in [0.5, 0.6) is 11.5 Å². The first kappa shape index (κ1) is 33.8. The summed E-state index contributed by atoms with van der Waals surface area (Å²) in [5, 5.41) is 37.8. The molecule has 0 atom stereocenters. The Bertz CT molecular complexity index is 587. The standard InChI is InChI=1S/2C6H5NO3.H3N.H2O.2O.V/c2*8-4-2-1-3-7-5(4)6(9)10;;;;;/h2*1-3,8H,(H,9,10);1H3;1H2;;;/q;;;;2*-2;/p-1. The zero-order valence-corrected chi connectivity index (χ0v) is 14.0. The van der Waals surface area contributed by atoms with Crippen LogP contribution in [-0.2, 0) is 29.5 Å². The van der Waals surface area contributed by atoms with E-state index in [-0.39, 0.29) is 52.6 Å². The molecule has 0 aliphatic rings. The minimum absolute atomic E-state index is 0. The van der Waals surface area contributed by atoms with E-state index in [0.29, 0.717) is 0 Å². The molecule has 0 saturated heterocycles. The maximum atomic E-state index is 10.1. The largest absolute Gasteiger partial charge is 2.00 e. The topological polar surface area (TPSA) is 272 Å². The quantitative estimate of drug-likeness (QED) is 0.492. The average molecular weight is 395 g/mol. The number of pyridine rings is 2. The van der Waals surface area contributed by atoms with E-state index in [9.17, 15) is 19.8 Å². The summed E-state index contributed by atoms with van der Waals surface area (Å²) in [7, 11) is 0. The Labute approximate surface area is 153 Å². The van der Waals surface area contributed by atoms with Gasteiger partial charge in [0.2, 0.25) is 0 Å². The van der Waals surface area contributed by atoms with E-state index >= 15 is 0 Å². The van der Waals surface area contributed by atoms with Gasteiger partial charge in [0.1, 0.15) is 22.9 Å². The van der Waals surface area contributed by atoms with Gasteiger partial charge in [-0.1, -0.05) is 0 Å². The number of aromatic carboxylic acids is 2. The first-order valence-corrected chi connectivity index (χ1v) is 5.14. The number of carbonyl (C=O) groups is 2. The fourth-order valence-corrected chi connectivity index (χ4v) is 1.11. The molecule has 0 aliphatic carbocycles. The van der Waals surface area contributed by atoms with Crippen LogP contribution in [0.3, 0.4) is 0 Å². The van der Waals surface area contributed by atoms with Gasteiger partial charge in [-0.05, 0) is 24.3 Å². The Morgan fingerprint density at radius 1 is 0.840 bits per heavy atom. The van der Waals surface area contributed by atoms with Gasteiger partial charge >= 0.3 is 0 Å². The van der Waals surface area contributed by atoms with Crippen LogP contribution in [-0.4, -0.2) is 37.6 Å². The second kappa shape index (κ2) is 16.1. The first-order chi connectivity index (χ1) is 9.43. The van der Waals surface area contributed by atoms with Gasteiger partial charge in [0, 0.05) is 30.9 Å². The zero-order valence-electron chi connectivity index (χ0n) is 12.6. The van der Waals surface area contributed by atoms with E-state index in [0.717, 1.165) is 0 Å². The smallest absolute Gasteiger partial charge is 0.143 e. The molecular weight excluding hydrogens is 381 g/mol. The minimum Gasteiger partial charge on any atom is -2.00 e. The second-order valence-corrected chi connectivity index (χ2v) is 3.32. The molecule has 0 aliphatic heterocycles. The molecule has 1 radical (unpaired) electrons. The fraction of sp³-hybridized carbons (Fsp3) is 0. The van der Waals surface area contributed by atoms with Crippen molar-refractivity contribution in [2.75, 3.05) is 0 Å². The molecular formula is C12H14N3O9V-5. The monoisotopic (exact) mass is 395 g/mol. The summed E-state index contributed by atoms with van der Waals surface area (Å²) >= 11 is 0. The van der Waals surface area contributed by atoms with Crippen LogP contribution in [0.4, 0.5) is 0 Å². The number of nitrogens with zero attached hydrogens (tertiary/aromatic N) is 2. The van der Waals surface area contributed by atoms with Crippen molar-refractivity contribution in [3.8, 4) is 11.5 Å². The predicted molar refractivity (Wildman–Crippen MR) is 71.4 cm³/mol. The molecule has 0 bridgehead atoms. The van der Waals surface area contributed by atoms with E-state index in [1.165, 1.54) is 36.7 Å². The van der Waals surface area contributed by atoms with Gasteiger partial charge in [0.05, 0.1) is 11.9 Å². The number of carboxylic acids is 2. The molecule has 2 heterocycles. The van der Waals surface area contributed by atoms with Gasteiger partial charge in [0.15, 0.2) is 0 Å². The van der Waals surface area contributed by atoms with Crippen molar-refractivity contribution in [2.24, 2.45) is 0 Å². The Hall–Kier alpha value is -2.74. The molecule has 0 unspecified atom stereocenters. The molecule has 0 aromatic carbocycles. The van der Waals surface area contributed by atoms with E-state index in [1.807, 2.05) is 0 Å². The van der Waals surface area contributed by atoms with Crippen LogP contribution >= 0.6 is 0 Å². The number of carboxylic acid groups (broad SMARTS) is 2. The minimum atomic E-state index is -1.47. The second-order valence-electron chi connectivity index (χ2n) is 3.32. The Morgan fingerprint density at radius 2 is 1.12 bits per heavy atom. The average Bonchev–Trinajstić information content (AvgIpc) is 2.40. The van der Waals surface area contributed by atoms with Gasteiger partial charge in [-0.2, -0.15) is 0 Å². The molecule has 141 valence electrons. The van der Waals surface area contributed by atoms with E-state index in [1.54, 1.807) is 0 Å². The number of hydrogen-bond acceptors (Lipinski definition) is 8. The summed E-state index contributed by atoms with van der Waals surface area (Å²) in [6.45, 7) is 0. The number of hydrogen-bond donors (Lipinski definition) is 3. The van der Waals surface area contributed by atoms with Crippen LogP contribution in [0.15, 0.2) is 36.7 Å². The molecule has 8 N–H and O–H groups in total. The van der Waals surface area contributed by atoms with Crippen molar-refractivity contribution >= 4 is 11.9 Å². The summed E-state index contributed by atoms with van der Waals surface area (Å²) < 4.78 is 0. The molecule has 2 rings (SSSR count). The zero-order chi connectivity index (χ0) is 15.1. The molecule has 0 amide bonds. The fourth-order valence-electron chi connectivity index (χ4n) is 1.11. The molecule has 2 aromatic rings. The number of aromatic hydroxyl groups is 2. The van der Waals surface area contributed by atoms with Gasteiger partial charge in [0.25, 0.3) is 0 Å². The van der Waals surface area contributed by atoms with Gasteiger partial charge in [-0.15, -0.1) is 0 Å². The van der Waals surface area contributed by atoms with Crippen LogP contribution in [0.25, 0.3) is 0 Å². The van der Waals surface area contributed by atoms with Crippen LogP contribution in [0.2, 0.25) is 0 Å². The number of aromatic nitrogens is 2. The Kier molecular flexibility index (Phi) is 21.8. The van der Waals surface area contributed by atoms with Gasteiger partial charge in [-0.25, -0.2) is 0 Å². The summed E-state index contributed by atoms with van der Waals surface area (Å²) in [5.41, 5.74) is -0.856. The SMILES string of the molecule is O.O=C([O-])c1ncccc1O.O=C([O-])c1ncccc1O.[NH4+].[O-2].[O-2].[V]. The molecule has 13 heteroatoms. The van der Waals surface area contributed by atoms with E-state index in [2.05, 4.69) is 9.97 Å². The molecule has 12 nitrogen and oxygen atoms in total. The third-order valence-corrected chi connectivity index (χ3v) is 1.96. The molecule has 25 heavy (non-hydrogen) atoms. The Morgan fingerprint density at radius 3 is 1.28 bits per heavy atom. The third-order valence-electron chi connectivity index (χ3n) is 1.96. The summed E-state index contributed by atoms with van der Waals surface area (Å²) in [6, 6.07) is 5.33. The molecule has 2 aromatic heterocycles.